The van der Waals surface area contributed by atoms with Crippen LogP contribution < -0.4 is 28.9 Å². The van der Waals surface area contributed by atoms with E-state index in [2.05, 4.69) is 18.8 Å². The van der Waals surface area contributed by atoms with E-state index in [0.29, 0.717) is 0 Å². The Labute approximate surface area is 110 Å². The van der Waals surface area contributed by atoms with Crippen LogP contribution in [0.25, 0.3) is 0 Å². The first-order chi connectivity index (χ1) is 7.38. The van der Waals surface area contributed by atoms with E-state index in [0.717, 1.165) is 11.5 Å². The van der Waals surface area contributed by atoms with Gasteiger partial charge in [0, 0.05) is 0 Å². The van der Waals surface area contributed by atoms with Gasteiger partial charge in [-0.05, 0) is 24.3 Å². The Balaban J connectivity index is 0.00000128. The molecule has 0 spiro atoms. The van der Waals surface area contributed by atoms with E-state index in [9.17, 15) is 0 Å². The Kier molecular flexibility index (Phi) is 5.64. The number of hydrogen-bond acceptors (Lipinski definition) is 1. The van der Waals surface area contributed by atoms with Crippen LogP contribution in [0.5, 0.6) is 11.5 Å². The van der Waals surface area contributed by atoms with Crippen LogP contribution in [0.15, 0.2) is 54.6 Å². The van der Waals surface area contributed by atoms with Gasteiger partial charge in [0.2, 0.25) is 0 Å². The van der Waals surface area contributed by atoms with Gasteiger partial charge in [-0.3, -0.25) is 0 Å². The van der Waals surface area contributed by atoms with Gasteiger partial charge in [0.25, 0.3) is 0 Å². The summed E-state index contributed by atoms with van der Waals surface area (Å²) < 4.78 is 5.67. The predicted octanol–water partition coefficient (Wildman–Crippen LogP) is 0.684. The Hall–Kier alpha value is -0.733. The number of benzene rings is 2. The molecule has 0 unspecified atom stereocenters. The Morgan fingerprint density at radius 1 is 0.812 bits per heavy atom. The van der Waals surface area contributed by atoms with Crippen molar-refractivity contribution in [1.82, 2.24) is 0 Å². The van der Waals surface area contributed by atoms with Crippen molar-refractivity contribution in [3.63, 3.8) is 0 Å². The van der Waals surface area contributed by atoms with Crippen LogP contribution in [-0.4, -0.2) is 6.66 Å². The maximum Gasteiger partial charge on any atom is 1.00 e. The van der Waals surface area contributed by atoms with Gasteiger partial charge in [-0.15, -0.1) is 0 Å². The van der Waals surface area contributed by atoms with Crippen molar-refractivity contribution >= 4 is 13.9 Å². The van der Waals surface area contributed by atoms with Gasteiger partial charge in [0.1, 0.15) is 11.5 Å². The molecule has 0 aliphatic heterocycles. The van der Waals surface area contributed by atoms with Crippen molar-refractivity contribution in [1.29, 1.82) is 0 Å². The minimum Gasteiger partial charge on any atom is -0.510 e. The minimum atomic E-state index is 0. The van der Waals surface area contributed by atoms with Crippen molar-refractivity contribution in [2.24, 2.45) is 0 Å². The first-order valence-corrected chi connectivity index (χ1v) is 6.15. The summed E-state index contributed by atoms with van der Waals surface area (Å²) >= 11 is 0. The van der Waals surface area contributed by atoms with Gasteiger partial charge in [-0.25, -0.2) is 5.30 Å². The number of hydrogen-bond donors (Lipinski definition) is 0. The van der Waals surface area contributed by atoms with E-state index in [1.807, 2.05) is 42.5 Å². The molecule has 0 aromatic heterocycles. The molecule has 0 atom stereocenters. The maximum absolute atomic E-state index is 5.67. The van der Waals surface area contributed by atoms with Crippen molar-refractivity contribution in [3.8, 4) is 11.5 Å². The fourth-order valence-corrected chi connectivity index (χ4v) is 1.74. The Morgan fingerprint density at radius 3 is 1.94 bits per heavy atom. The predicted molar refractivity (Wildman–Crippen MR) is 65.4 cm³/mol. The molecule has 1 nitrogen and oxygen atoms in total. The monoisotopic (exact) mass is 222 g/mol. The van der Waals surface area contributed by atoms with Gasteiger partial charge >= 0.3 is 18.9 Å². The summed E-state index contributed by atoms with van der Waals surface area (Å²) in [6.45, 7) is 2.12. The standard InChI is InChI=1S/C13H12OP.Li/c1-15-13-9-7-12(8-10-13)14-11-5-3-2-4-6-11;/h2-10H,1H3;/q-1;+1. The smallest absolute Gasteiger partial charge is 0.510 e. The molecule has 0 aliphatic rings. The second-order valence-corrected chi connectivity index (χ2v) is 4.10. The average molecular weight is 222 g/mol. The SMILES string of the molecule is C[P-]c1ccc(Oc2ccccc2)cc1.[Li+]. The van der Waals surface area contributed by atoms with Crippen molar-refractivity contribution in [2.45, 2.75) is 0 Å². The summed E-state index contributed by atoms with van der Waals surface area (Å²) in [5.41, 5.74) is 0. The topological polar surface area (TPSA) is 9.23 Å². The molecule has 3 heteroatoms. The Morgan fingerprint density at radius 2 is 1.38 bits per heavy atom. The maximum atomic E-state index is 5.67. The molecule has 2 aromatic carbocycles. The molecule has 0 heterocycles. The van der Waals surface area contributed by atoms with E-state index in [1.54, 1.807) is 0 Å². The molecule has 0 radical (unpaired) electrons. The molecular weight excluding hydrogens is 210 g/mol. The van der Waals surface area contributed by atoms with Gasteiger partial charge < -0.3 is 13.3 Å². The summed E-state index contributed by atoms with van der Waals surface area (Å²) in [6, 6.07) is 18.0. The summed E-state index contributed by atoms with van der Waals surface area (Å²) in [6.07, 6.45) is 0. The molecule has 0 N–H and O–H groups in total. The molecule has 0 saturated heterocycles. The van der Waals surface area contributed by atoms with E-state index in [1.165, 1.54) is 13.9 Å². The molecule has 2 rings (SSSR count). The fourth-order valence-electron chi connectivity index (χ4n) is 1.29. The second kappa shape index (κ2) is 6.77. The van der Waals surface area contributed by atoms with Crippen LogP contribution >= 0.6 is 8.58 Å². The van der Waals surface area contributed by atoms with Crippen molar-refractivity contribution < 1.29 is 23.6 Å². The second-order valence-electron chi connectivity index (χ2n) is 3.13. The van der Waals surface area contributed by atoms with Crippen LogP contribution in [-0.2, 0) is 0 Å². The van der Waals surface area contributed by atoms with Crippen LogP contribution in [0.3, 0.4) is 0 Å². The van der Waals surface area contributed by atoms with E-state index in [4.69, 9.17) is 4.74 Å². The minimum absolute atomic E-state index is 0. The van der Waals surface area contributed by atoms with Gasteiger partial charge in [0.05, 0.1) is 0 Å². The third-order valence-corrected chi connectivity index (χ3v) is 2.89. The largest absolute Gasteiger partial charge is 1.00 e. The van der Waals surface area contributed by atoms with Gasteiger partial charge in [-0.1, -0.05) is 30.3 Å². The zero-order chi connectivity index (χ0) is 10.5. The van der Waals surface area contributed by atoms with Gasteiger partial charge in [0.15, 0.2) is 0 Å². The molecule has 0 amide bonds. The molecule has 0 fully saturated rings. The van der Waals surface area contributed by atoms with Crippen molar-refractivity contribution in [3.05, 3.63) is 54.6 Å². The molecule has 16 heavy (non-hydrogen) atoms. The van der Waals surface area contributed by atoms with E-state index in [-0.39, 0.29) is 18.9 Å². The first-order valence-electron chi connectivity index (χ1n) is 4.81. The van der Waals surface area contributed by atoms with Crippen LogP contribution in [0.4, 0.5) is 0 Å². The molecule has 76 valence electrons. The van der Waals surface area contributed by atoms with Gasteiger partial charge in [-0.2, -0.15) is 6.66 Å². The third kappa shape index (κ3) is 3.69. The fraction of sp³-hybridized carbons (Fsp3) is 0.0769. The normalized spacial score (nSPS) is 10.1. The summed E-state index contributed by atoms with van der Waals surface area (Å²) in [5, 5.41) is 1.30. The average Bonchev–Trinajstić information content (AvgIpc) is 2.31. The van der Waals surface area contributed by atoms with Crippen LogP contribution in [0.2, 0.25) is 0 Å². The van der Waals surface area contributed by atoms with Crippen molar-refractivity contribution in [2.75, 3.05) is 6.66 Å². The third-order valence-electron chi connectivity index (χ3n) is 2.07. The molecule has 0 saturated carbocycles. The quantitative estimate of drug-likeness (QED) is 0.548. The summed E-state index contributed by atoms with van der Waals surface area (Å²) in [4.78, 5) is 0. The molecule has 2 aromatic rings. The van der Waals surface area contributed by atoms with E-state index >= 15 is 0 Å². The van der Waals surface area contributed by atoms with Crippen LogP contribution in [0, 0.1) is 0 Å². The Bertz CT molecular complexity index is 414. The molecule has 0 aliphatic carbocycles. The zero-order valence-corrected chi connectivity index (χ0v) is 10.4. The van der Waals surface area contributed by atoms with E-state index < -0.39 is 0 Å². The molecule has 0 bridgehead atoms. The number of rotatable bonds is 3. The zero-order valence-electron chi connectivity index (χ0n) is 9.55. The summed E-state index contributed by atoms with van der Waals surface area (Å²) in [5.74, 6) is 1.76. The first kappa shape index (κ1) is 13.3. The van der Waals surface area contributed by atoms with Crippen LogP contribution in [0.1, 0.15) is 0 Å². The number of para-hydroxylation sites is 1. The molecular formula is C13H12LiOP. The summed E-state index contributed by atoms with van der Waals surface area (Å²) in [7, 11) is 1.28. The number of ether oxygens (including phenoxy) is 1.